The fraction of sp³-hybridized carbons (Fsp3) is 0.409. The van der Waals surface area contributed by atoms with E-state index in [0.29, 0.717) is 19.6 Å². The second-order valence-corrected chi connectivity index (χ2v) is 7.83. The number of aromatic amines is 1. The Morgan fingerprint density at radius 2 is 1.89 bits per heavy atom. The maximum atomic E-state index is 12.8. The number of benzene rings is 1. The van der Waals surface area contributed by atoms with Crippen molar-refractivity contribution in [3.8, 4) is 0 Å². The van der Waals surface area contributed by atoms with Crippen molar-refractivity contribution in [1.82, 2.24) is 14.8 Å². The van der Waals surface area contributed by atoms with Crippen LogP contribution in [0.5, 0.6) is 0 Å². The molecule has 6 heteroatoms. The summed E-state index contributed by atoms with van der Waals surface area (Å²) in [6, 6.07) is 7.92. The van der Waals surface area contributed by atoms with Gasteiger partial charge in [0.05, 0.1) is 0 Å². The molecule has 2 amide bonds. The highest BCUT2D eigenvalue weighted by Crippen LogP contribution is 2.20. The smallest absolute Gasteiger partial charge is 0.261 e. The normalized spacial score (nSPS) is 16.4. The van der Waals surface area contributed by atoms with E-state index >= 15 is 0 Å². The van der Waals surface area contributed by atoms with Gasteiger partial charge in [-0.1, -0.05) is 18.2 Å². The third-order valence-corrected chi connectivity index (χ3v) is 5.87. The highest BCUT2D eigenvalue weighted by atomic mass is 16.2. The predicted octanol–water partition coefficient (Wildman–Crippen LogP) is 1.97. The van der Waals surface area contributed by atoms with E-state index in [9.17, 15) is 14.4 Å². The molecule has 2 heterocycles. The molecule has 4 rings (SSSR count). The van der Waals surface area contributed by atoms with Crippen molar-refractivity contribution < 1.29 is 9.59 Å². The molecule has 0 spiro atoms. The van der Waals surface area contributed by atoms with Crippen LogP contribution in [0.25, 0.3) is 0 Å². The summed E-state index contributed by atoms with van der Waals surface area (Å²) in [6.07, 6.45) is 2.74. The molecule has 0 unspecified atom stereocenters. The van der Waals surface area contributed by atoms with Gasteiger partial charge in [0, 0.05) is 25.3 Å². The largest absolute Gasteiger partial charge is 0.335 e. The second-order valence-electron chi connectivity index (χ2n) is 7.83. The zero-order valence-electron chi connectivity index (χ0n) is 16.4. The topological polar surface area (TPSA) is 73.5 Å². The van der Waals surface area contributed by atoms with Crippen LogP contribution < -0.4 is 5.56 Å². The van der Waals surface area contributed by atoms with E-state index in [-0.39, 0.29) is 29.5 Å². The molecule has 1 aliphatic heterocycles. The first-order valence-corrected chi connectivity index (χ1v) is 9.80. The molecule has 0 radical (unpaired) electrons. The lowest BCUT2D eigenvalue weighted by Crippen LogP contribution is -2.52. The summed E-state index contributed by atoms with van der Waals surface area (Å²) in [7, 11) is 0. The van der Waals surface area contributed by atoms with E-state index < -0.39 is 0 Å². The fourth-order valence-electron chi connectivity index (χ4n) is 4.01. The Labute approximate surface area is 164 Å². The first-order valence-electron chi connectivity index (χ1n) is 9.80. The zero-order chi connectivity index (χ0) is 19.8. The summed E-state index contributed by atoms with van der Waals surface area (Å²) in [5.41, 5.74) is 5.30. The Morgan fingerprint density at radius 3 is 2.64 bits per heavy atom. The molecule has 146 valence electrons. The molecule has 6 nitrogen and oxygen atoms in total. The minimum absolute atomic E-state index is 0.0141. The molecule has 1 aromatic heterocycles. The maximum absolute atomic E-state index is 12.8. The number of nitrogens with zero attached hydrogens (tertiary/aromatic N) is 2. The highest BCUT2D eigenvalue weighted by Gasteiger charge is 2.29. The molecule has 0 atom stereocenters. The van der Waals surface area contributed by atoms with E-state index in [1.54, 1.807) is 11.0 Å². The van der Waals surface area contributed by atoms with E-state index in [0.717, 1.165) is 36.1 Å². The number of amides is 2. The van der Waals surface area contributed by atoms with Crippen molar-refractivity contribution in [3.63, 3.8) is 0 Å². The van der Waals surface area contributed by atoms with Crippen LogP contribution in [0.1, 0.15) is 44.7 Å². The second kappa shape index (κ2) is 7.26. The maximum Gasteiger partial charge on any atom is 0.261 e. The predicted molar refractivity (Wildman–Crippen MR) is 106 cm³/mol. The first kappa shape index (κ1) is 18.5. The number of hydrogen-bond donors (Lipinski definition) is 1. The van der Waals surface area contributed by atoms with Crippen molar-refractivity contribution in [2.24, 2.45) is 0 Å². The average Bonchev–Trinajstić information content (AvgIpc) is 3.12. The lowest BCUT2D eigenvalue weighted by atomic mass is 10.1. The van der Waals surface area contributed by atoms with Gasteiger partial charge in [-0.15, -0.1) is 0 Å². The van der Waals surface area contributed by atoms with Gasteiger partial charge < -0.3 is 14.8 Å². The van der Waals surface area contributed by atoms with Crippen molar-refractivity contribution in [3.05, 3.63) is 68.1 Å². The van der Waals surface area contributed by atoms with Crippen LogP contribution >= 0.6 is 0 Å². The van der Waals surface area contributed by atoms with Crippen LogP contribution in [-0.4, -0.2) is 46.2 Å². The number of H-pyrrole nitrogens is 1. The number of hydrogen-bond acceptors (Lipinski definition) is 3. The third kappa shape index (κ3) is 3.46. The molecular formula is C22H25N3O3. The average molecular weight is 379 g/mol. The number of carbonyl (C=O) groups is 2. The van der Waals surface area contributed by atoms with E-state index in [1.165, 1.54) is 16.0 Å². The minimum atomic E-state index is -0.352. The Balaban J connectivity index is 1.45. The van der Waals surface area contributed by atoms with Gasteiger partial charge in [-0.2, -0.15) is 0 Å². The fourth-order valence-corrected chi connectivity index (χ4v) is 4.01. The van der Waals surface area contributed by atoms with Crippen LogP contribution in [0.4, 0.5) is 0 Å². The van der Waals surface area contributed by atoms with Crippen molar-refractivity contribution >= 4 is 11.8 Å². The molecule has 2 aliphatic rings. The highest BCUT2D eigenvalue weighted by molar-refractivity contribution is 5.97. The summed E-state index contributed by atoms with van der Waals surface area (Å²) in [4.78, 5) is 43.9. The van der Waals surface area contributed by atoms with Gasteiger partial charge in [-0.05, 0) is 61.4 Å². The molecule has 0 saturated carbocycles. The van der Waals surface area contributed by atoms with Crippen molar-refractivity contribution in [2.45, 2.75) is 39.7 Å². The summed E-state index contributed by atoms with van der Waals surface area (Å²) in [5.74, 6) is -0.439. The molecule has 0 bridgehead atoms. The molecule has 1 saturated heterocycles. The van der Waals surface area contributed by atoms with Gasteiger partial charge in [-0.3, -0.25) is 14.4 Å². The number of nitrogens with one attached hydrogen (secondary N) is 1. The Kier molecular flexibility index (Phi) is 4.79. The number of fused-ring (bicyclic) bond motifs is 1. The van der Waals surface area contributed by atoms with Crippen LogP contribution in [0.2, 0.25) is 0 Å². The van der Waals surface area contributed by atoms with Crippen molar-refractivity contribution in [2.75, 3.05) is 19.6 Å². The van der Waals surface area contributed by atoms with Crippen LogP contribution in [-0.2, 0) is 24.2 Å². The summed E-state index contributed by atoms with van der Waals surface area (Å²) >= 11 is 0. The number of aromatic nitrogens is 1. The number of piperazine rings is 1. The standard InChI is InChI=1S/C22H25N3O3/c1-14-6-7-16(10-15(14)2)12-24-8-9-25(13-20(24)26)22(28)18-11-17-4-3-5-19(17)23-21(18)27/h6-7,10-11H,3-5,8-9,12-13H2,1-2H3,(H,23,27). The Morgan fingerprint density at radius 1 is 1.07 bits per heavy atom. The van der Waals surface area contributed by atoms with E-state index in [4.69, 9.17) is 0 Å². The van der Waals surface area contributed by atoms with Crippen LogP contribution in [0, 0.1) is 13.8 Å². The Hall–Kier alpha value is -2.89. The van der Waals surface area contributed by atoms with Crippen molar-refractivity contribution in [1.29, 1.82) is 0 Å². The van der Waals surface area contributed by atoms with Crippen LogP contribution in [0.3, 0.4) is 0 Å². The minimum Gasteiger partial charge on any atom is -0.335 e. The zero-order valence-corrected chi connectivity index (χ0v) is 16.4. The molecule has 1 aliphatic carbocycles. The van der Waals surface area contributed by atoms with Gasteiger partial charge in [0.1, 0.15) is 12.1 Å². The van der Waals surface area contributed by atoms with E-state index in [2.05, 4.69) is 31.0 Å². The van der Waals surface area contributed by atoms with E-state index in [1.807, 2.05) is 6.07 Å². The van der Waals surface area contributed by atoms with Gasteiger partial charge in [0.2, 0.25) is 5.91 Å². The molecule has 1 N–H and O–H groups in total. The lowest BCUT2D eigenvalue weighted by molar-refractivity contribution is -0.135. The SMILES string of the molecule is Cc1ccc(CN2CCN(C(=O)c3cc4c([nH]c3=O)CCC4)CC2=O)cc1C. The summed E-state index contributed by atoms with van der Waals surface area (Å²) < 4.78 is 0. The Bertz CT molecular complexity index is 1010. The first-order chi connectivity index (χ1) is 13.4. The molecule has 2 aromatic rings. The van der Waals surface area contributed by atoms with Crippen LogP contribution in [0.15, 0.2) is 29.1 Å². The number of pyridine rings is 1. The summed E-state index contributed by atoms with van der Waals surface area (Å²) in [5, 5.41) is 0. The third-order valence-electron chi connectivity index (χ3n) is 5.87. The quantitative estimate of drug-likeness (QED) is 0.886. The monoisotopic (exact) mass is 379 g/mol. The van der Waals surface area contributed by atoms with Gasteiger partial charge in [0.15, 0.2) is 0 Å². The van der Waals surface area contributed by atoms with Gasteiger partial charge in [-0.25, -0.2) is 0 Å². The molecule has 28 heavy (non-hydrogen) atoms. The number of aryl methyl sites for hydroxylation is 4. The summed E-state index contributed by atoms with van der Waals surface area (Å²) in [6.45, 7) is 5.59. The van der Waals surface area contributed by atoms with Gasteiger partial charge in [0.25, 0.3) is 11.5 Å². The number of carbonyl (C=O) groups excluding carboxylic acids is 2. The lowest BCUT2D eigenvalue weighted by Gasteiger charge is -2.34. The number of rotatable bonds is 3. The molecule has 1 fully saturated rings. The van der Waals surface area contributed by atoms with Gasteiger partial charge >= 0.3 is 0 Å². The molecule has 1 aromatic carbocycles. The molecular weight excluding hydrogens is 354 g/mol.